The minimum atomic E-state index is -1.08. The first kappa shape index (κ1) is 11.7. The molecule has 1 aromatic carbocycles. The lowest BCUT2D eigenvalue weighted by Crippen LogP contribution is -2.32. The smallest absolute Gasteiger partial charge is 0.305 e. The highest BCUT2D eigenvalue weighted by atomic mass is 32.2. The topological polar surface area (TPSA) is 74.7 Å². The Labute approximate surface area is 101 Å². The lowest BCUT2D eigenvalue weighted by molar-refractivity contribution is -0.138. The number of aliphatic carboxylic acids is 1. The molecule has 0 aromatic heterocycles. The van der Waals surface area contributed by atoms with Crippen molar-refractivity contribution in [2.24, 2.45) is 0 Å². The maximum Gasteiger partial charge on any atom is 0.305 e. The Hall–Kier alpha value is -1.82. The van der Waals surface area contributed by atoms with Crippen molar-refractivity contribution in [1.82, 2.24) is 0 Å². The molecular formula is C11H9NO4S. The molecule has 1 fully saturated rings. The molecule has 0 radical (unpaired) electrons. The fraction of sp³-hybridized carbons (Fsp3) is 0.182. The standard InChI is InChI=1S/C11H9NO4S/c13-9(14)6-8-10(15)12(11(16)17-8)7-4-2-1-3-5-7/h1-5,8H,6H2,(H,13,14)/t8-/m0/s1. The number of hydrogen-bond donors (Lipinski definition) is 1. The number of carboxylic acid groups (broad SMARTS) is 1. The summed E-state index contributed by atoms with van der Waals surface area (Å²) in [6.07, 6.45) is -0.335. The van der Waals surface area contributed by atoms with E-state index in [0.717, 1.165) is 16.7 Å². The summed E-state index contributed by atoms with van der Waals surface area (Å²) in [6.45, 7) is 0. The van der Waals surface area contributed by atoms with Gasteiger partial charge in [-0.1, -0.05) is 18.2 Å². The van der Waals surface area contributed by atoms with E-state index in [2.05, 4.69) is 0 Å². The maximum absolute atomic E-state index is 11.9. The van der Waals surface area contributed by atoms with Crippen LogP contribution in [0.25, 0.3) is 0 Å². The van der Waals surface area contributed by atoms with E-state index in [0.29, 0.717) is 5.69 Å². The van der Waals surface area contributed by atoms with Crippen molar-refractivity contribution >= 4 is 34.6 Å². The second-order valence-corrected chi connectivity index (χ2v) is 4.63. The monoisotopic (exact) mass is 251 g/mol. The van der Waals surface area contributed by atoms with Gasteiger partial charge in [0.05, 0.1) is 12.1 Å². The van der Waals surface area contributed by atoms with E-state index in [1.807, 2.05) is 0 Å². The summed E-state index contributed by atoms with van der Waals surface area (Å²) in [7, 11) is 0. The van der Waals surface area contributed by atoms with Gasteiger partial charge in [0.15, 0.2) is 0 Å². The summed E-state index contributed by atoms with van der Waals surface area (Å²) in [6, 6.07) is 8.48. The van der Waals surface area contributed by atoms with Crippen LogP contribution in [-0.2, 0) is 9.59 Å². The molecule has 1 atom stereocenters. The van der Waals surface area contributed by atoms with E-state index in [-0.39, 0.29) is 6.42 Å². The first-order chi connectivity index (χ1) is 8.09. The summed E-state index contributed by atoms with van der Waals surface area (Å²) >= 11 is 0.762. The minimum Gasteiger partial charge on any atom is -0.481 e. The zero-order valence-corrected chi connectivity index (χ0v) is 9.52. The molecule has 17 heavy (non-hydrogen) atoms. The lowest BCUT2D eigenvalue weighted by atomic mass is 10.2. The summed E-state index contributed by atoms with van der Waals surface area (Å²) in [5.41, 5.74) is 0.475. The van der Waals surface area contributed by atoms with E-state index in [9.17, 15) is 14.4 Å². The number of imide groups is 1. The number of amides is 2. The highest BCUT2D eigenvalue weighted by molar-refractivity contribution is 8.15. The van der Waals surface area contributed by atoms with Gasteiger partial charge in [-0.15, -0.1) is 0 Å². The zero-order chi connectivity index (χ0) is 12.4. The second-order valence-electron chi connectivity index (χ2n) is 3.48. The van der Waals surface area contributed by atoms with Gasteiger partial charge >= 0.3 is 5.97 Å². The number of carbonyl (C=O) groups is 3. The van der Waals surface area contributed by atoms with Gasteiger partial charge in [0.2, 0.25) is 5.91 Å². The molecule has 0 bridgehead atoms. The number of carbonyl (C=O) groups excluding carboxylic acids is 2. The van der Waals surface area contributed by atoms with Crippen molar-refractivity contribution in [3.05, 3.63) is 30.3 Å². The predicted octanol–water partition coefficient (Wildman–Crippen LogP) is 1.73. The Morgan fingerprint density at radius 3 is 2.53 bits per heavy atom. The van der Waals surface area contributed by atoms with Gasteiger partial charge in [-0.2, -0.15) is 0 Å². The predicted molar refractivity (Wildman–Crippen MR) is 63.0 cm³/mol. The first-order valence-electron chi connectivity index (χ1n) is 4.91. The second kappa shape index (κ2) is 4.58. The third-order valence-corrected chi connectivity index (χ3v) is 3.33. The van der Waals surface area contributed by atoms with Gasteiger partial charge in [0, 0.05) is 0 Å². The molecule has 5 nitrogen and oxygen atoms in total. The molecule has 1 N–H and O–H groups in total. The highest BCUT2D eigenvalue weighted by Crippen LogP contribution is 2.33. The zero-order valence-electron chi connectivity index (χ0n) is 8.70. The Balaban J connectivity index is 2.23. The molecule has 0 aliphatic carbocycles. The molecule has 1 aliphatic heterocycles. The van der Waals surface area contributed by atoms with Gasteiger partial charge in [-0.05, 0) is 23.9 Å². The third-order valence-electron chi connectivity index (χ3n) is 2.30. The SMILES string of the molecule is O=C(O)C[C@@H]1SC(=O)N(c2ccccc2)C1=O. The van der Waals surface area contributed by atoms with Crippen LogP contribution in [0.3, 0.4) is 0 Å². The van der Waals surface area contributed by atoms with E-state index in [4.69, 9.17) is 5.11 Å². The quantitative estimate of drug-likeness (QED) is 0.885. The molecule has 0 spiro atoms. The van der Waals surface area contributed by atoms with Crippen LogP contribution in [0.1, 0.15) is 6.42 Å². The molecule has 0 saturated carbocycles. The van der Waals surface area contributed by atoms with Crippen molar-refractivity contribution < 1.29 is 19.5 Å². The van der Waals surface area contributed by atoms with Gasteiger partial charge in [0.25, 0.3) is 5.24 Å². The number of thioether (sulfide) groups is 1. The number of hydrogen-bond acceptors (Lipinski definition) is 4. The van der Waals surface area contributed by atoms with Gasteiger partial charge in [-0.3, -0.25) is 14.4 Å². The minimum absolute atomic E-state index is 0.335. The maximum atomic E-state index is 11.9. The highest BCUT2D eigenvalue weighted by Gasteiger charge is 2.41. The van der Waals surface area contributed by atoms with Gasteiger partial charge in [0.1, 0.15) is 5.25 Å². The normalized spacial score (nSPS) is 19.8. The largest absolute Gasteiger partial charge is 0.481 e. The summed E-state index contributed by atoms with van der Waals surface area (Å²) < 4.78 is 0. The van der Waals surface area contributed by atoms with Gasteiger partial charge < -0.3 is 5.11 Å². The van der Waals surface area contributed by atoms with Crippen LogP contribution in [0.2, 0.25) is 0 Å². The number of para-hydroxylation sites is 1. The van der Waals surface area contributed by atoms with E-state index in [1.54, 1.807) is 30.3 Å². The number of carboxylic acids is 1. The van der Waals surface area contributed by atoms with Crippen LogP contribution in [0.15, 0.2) is 30.3 Å². The van der Waals surface area contributed by atoms with Crippen molar-refractivity contribution in [3.63, 3.8) is 0 Å². The van der Waals surface area contributed by atoms with Crippen LogP contribution >= 0.6 is 11.8 Å². The van der Waals surface area contributed by atoms with E-state index in [1.165, 1.54) is 0 Å². The molecule has 88 valence electrons. The lowest BCUT2D eigenvalue weighted by Gasteiger charge is -2.12. The van der Waals surface area contributed by atoms with E-state index >= 15 is 0 Å². The molecule has 2 amide bonds. The molecule has 0 unspecified atom stereocenters. The molecule has 1 heterocycles. The van der Waals surface area contributed by atoms with Crippen molar-refractivity contribution in [2.75, 3.05) is 4.90 Å². The summed E-state index contributed by atoms with van der Waals surface area (Å²) in [4.78, 5) is 35.1. The number of anilines is 1. The Bertz CT molecular complexity index is 474. The van der Waals surface area contributed by atoms with Crippen LogP contribution in [-0.4, -0.2) is 27.5 Å². The summed E-state index contributed by atoms with van der Waals surface area (Å²) in [5.74, 6) is -1.55. The fourth-order valence-corrected chi connectivity index (χ4v) is 2.53. The van der Waals surface area contributed by atoms with Crippen molar-refractivity contribution in [1.29, 1.82) is 0 Å². The number of benzene rings is 1. The third kappa shape index (κ3) is 2.31. The average Bonchev–Trinajstić information content (AvgIpc) is 2.54. The fourth-order valence-electron chi connectivity index (χ4n) is 1.56. The van der Waals surface area contributed by atoms with Crippen LogP contribution in [0.5, 0.6) is 0 Å². The molecule has 1 aliphatic rings. The van der Waals surface area contributed by atoms with Crippen molar-refractivity contribution in [3.8, 4) is 0 Å². The van der Waals surface area contributed by atoms with E-state index < -0.39 is 22.4 Å². The first-order valence-corrected chi connectivity index (χ1v) is 5.79. The Morgan fingerprint density at radius 2 is 1.94 bits per heavy atom. The molecule has 6 heteroatoms. The summed E-state index contributed by atoms with van der Waals surface area (Å²) in [5, 5.41) is 7.40. The molecular weight excluding hydrogens is 242 g/mol. The molecule has 1 saturated heterocycles. The van der Waals surface area contributed by atoms with Gasteiger partial charge in [-0.25, -0.2) is 4.90 Å². The average molecular weight is 251 g/mol. The number of rotatable bonds is 3. The van der Waals surface area contributed by atoms with Crippen LogP contribution in [0, 0.1) is 0 Å². The number of nitrogens with zero attached hydrogens (tertiary/aromatic N) is 1. The Morgan fingerprint density at radius 1 is 1.29 bits per heavy atom. The van der Waals surface area contributed by atoms with Crippen molar-refractivity contribution in [2.45, 2.75) is 11.7 Å². The van der Waals surface area contributed by atoms with Crippen LogP contribution < -0.4 is 4.90 Å². The molecule has 1 aromatic rings. The van der Waals surface area contributed by atoms with Crippen LogP contribution in [0.4, 0.5) is 10.5 Å². The molecule has 2 rings (SSSR count). The Kier molecular flexibility index (Phi) is 3.14.